The Kier molecular flexibility index (Phi) is 5.34. The van der Waals surface area contributed by atoms with Gasteiger partial charge in [0, 0.05) is 24.4 Å². The van der Waals surface area contributed by atoms with E-state index < -0.39 is 6.10 Å². The maximum atomic E-state index is 9.40. The van der Waals surface area contributed by atoms with Crippen molar-refractivity contribution in [3.05, 3.63) is 36.4 Å². The highest BCUT2D eigenvalue weighted by atomic mass is 32.2. The summed E-state index contributed by atoms with van der Waals surface area (Å²) in [6.45, 7) is -0.248. The van der Waals surface area contributed by atoms with Crippen LogP contribution in [0.4, 0.5) is 5.82 Å². The fraction of sp³-hybridized carbons (Fsp3) is 0.286. The molecule has 1 unspecified atom stereocenters. The minimum atomic E-state index is -0.742. The van der Waals surface area contributed by atoms with Gasteiger partial charge in [0.05, 0.1) is 12.7 Å². The molecule has 2 aromatic rings. The van der Waals surface area contributed by atoms with Gasteiger partial charge in [-0.15, -0.1) is 11.8 Å². The molecule has 1 aromatic carbocycles. The molecule has 0 bridgehead atoms. The number of thioether (sulfide) groups is 1. The summed E-state index contributed by atoms with van der Waals surface area (Å²) >= 11 is 1.39. The number of aliphatic hydroxyl groups is 2. The first-order valence-electron chi connectivity index (χ1n) is 6.27. The molecule has 0 aliphatic heterocycles. The Morgan fingerprint density at radius 2 is 2.00 bits per heavy atom. The summed E-state index contributed by atoms with van der Waals surface area (Å²) in [5.41, 5.74) is 0.939. The molecule has 1 heterocycles. The highest BCUT2D eigenvalue weighted by molar-refractivity contribution is 7.99. The van der Waals surface area contributed by atoms with E-state index in [0.29, 0.717) is 11.6 Å². The molecule has 20 heavy (non-hydrogen) atoms. The molecule has 1 atom stereocenters. The number of hydrogen-bond acceptors (Lipinski definition) is 6. The van der Waals surface area contributed by atoms with Crippen LogP contribution in [0.2, 0.25) is 0 Å². The number of nitrogens with zero attached hydrogens (tertiary/aromatic N) is 2. The van der Waals surface area contributed by atoms with Crippen molar-refractivity contribution in [2.45, 2.75) is 11.1 Å². The monoisotopic (exact) mass is 291 g/mol. The molecular formula is C14H17N3O2S. The van der Waals surface area contributed by atoms with Crippen LogP contribution in [-0.2, 0) is 0 Å². The third kappa shape index (κ3) is 3.93. The molecule has 5 nitrogen and oxygen atoms in total. The fourth-order valence-corrected chi connectivity index (χ4v) is 2.39. The number of benzene rings is 1. The zero-order valence-corrected chi connectivity index (χ0v) is 12.0. The van der Waals surface area contributed by atoms with E-state index in [0.717, 1.165) is 16.4 Å². The molecule has 1 aromatic heterocycles. The van der Waals surface area contributed by atoms with Crippen molar-refractivity contribution < 1.29 is 10.2 Å². The van der Waals surface area contributed by atoms with E-state index in [9.17, 15) is 5.11 Å². The van der Waals surface area contributed by atoms with Crippen molar-refractivity contribution in [1.29, 1.82) is 0 Å². The number of nitrogens with one attached hydrogen (secondary N) is 1. The molecule has 0 radical (unpaired) electrons. The molecule has 0 saturated carbocycles. The highest BCUT2D eigenvalue weighted by Crippen LogP contribution is 2.23. The average molecular weight is 291 g/mol. The Hall–Kier alpha value is -1.63. The standard InChI is InChI=1S/C14H17N3O2S/c1-15-12-7-13(20-9-11(19)8-18)17-14(16-12)10-5-3-2-4-6-10/h2-7,11,18-19H,8-9H2,1H3,(H,15,16,17). The first-order valence-corrected chi connectivity index (χ1v) is 7.25. The average Bonchev–Trinajstić information content (AvgIpc) is 2.53. The van der Waals surface area contributed by atoms with Crippen LogP contribution in [0.5, 0.6) is 0 Å². The van der Waals surface area contributed by atoms with Crippen molar-refractivity contribution >= 4 is 17.6 Å². The number of aliphatic hydroxyl groups excluding tert-OH is 2. The first-order chi connectivity index (χ1) is 9.72. The van der Waals surface area contributed by atoms with Gasteiger partial charge in [-0.1, -0.05) is 30.3 Å². The third-order valence-electron chi connectivity index (χ3n) is 2.63. The molecule has 0 fully saturated rings. The summed E-state index contributed by atoms with van der Waals surface area (Å²) in [4.78, 5) is 8.90. The molecule has 0 saturated heterocycles. The van der Waals surface area contributed by atoms with Gasteiger partial charge in [0.2, 0.25) is 0 Å². The number of hydrogen-bond donors (Lipinski definition) is 3. The summed E-state index contributed by atoms with van der Waals surface area (Å²) in [5.74, 6) is 1.75. The predicted octanol–water partition coefficient (Wildman–Crippen LogP) is 1.63. The summed E-state index contributed by atoms with van der Waals surface area (Å²) < 4.78 is 0. The lowest BCUT2D eigenvalue weighted by atomic mass is 10.2. The second kappa shape index (κ2) is 7.23. The van der Waals surface area contributed by atoms with Crippen LogP contribution in [0.1, 0.15) is 0 Å². The topological polar surface area (TPSA) is 78.3 Å². The van der Waals surface area contributed by atoms with Gasteiger partial charge >= 0.3 is 0 Å². The van der Waals surface area contributed by atoms with Crippen LogP contribution in [0.25, 0.3) is 11.4 Å². The molecule has 106 valence electrons. The second-order valence-corrected chi connectivity index (χ2v) is 5.22. The van der Waals surface area contributed by atoms with Gasteiger partial charge in [0.1, 0.15) is 10.8 Å². The van der Waals surface area contributed by atoms with Crippen molar-refractivity contribution in [2.75, 3.05) is 24.7 Å². The fourth-order valence-electron chi connectivity index (χ4n) is 1.58. The molecule has 6 heteroatoms. The normalized spacial score (nSPS) is 12.2. The zero-order valence-electron chi connectivity index (χ0n) is 11.2. The van der Waals surface area contributed by atoms with Crippen molar-refractivity contribution in [3.8, 4) is 11.4 Å². The van der Waals surface area contributed by atoms with Crippen molar-refractivity contribution in [3.63, 3.8) is 0 Å². The quantitative estimate of drug-likeness (QED) is 0.554. The van der Waals surface area contributed by atoms with Crippen LogP contribution in [-0.4, -0.2) is 45.7 Å². The Labute approximate surface area is 122 Å². The molecule has 0 amide bonds. The molecule has 2 rings (SSSR count). The summed E-state index contributed by atoms with van der Waals surface area (Å²) in [6, 6.07) is 11.5. The van der Waals surface area contributed by atoms with Crippen LogP contribution in [0, 0.1) is 0 Å². The highest BCUT2D eigenvalue weighted by Gasteiger charge is 2.09. The second-order valence-electron chi connectivity index (χ2n) is 4.18. The van der Waals surface area contributed by atoms with E-state index >= 15 is 0 Å². The van der Waals surface area contributed by atoms with E-state index in [1.54, 1.807) is 7.05 Å². The van der Waals surface area contributed by atoms with Gasteiger partial charge in [-0.25, -0.2) is 9.97 Å². The number of anilines is 1. The minimum absolute atomic E-state index is 0.248. The number of aromatic nitrogens is 2. The van der Waals surface area contributed by atoms with Gasteiger partial charge in [-0.05, 0) is 0 Å². The van der Waals surface area contributed by atoms with Crippen molar-refractivity contribution in [1.82, 2.24) is 9.97 Å². The lowest BCUT2D eigenvalue weighted by molar-refractivity contribution is 0.113. The molecular weight excluding hydrogens is 274 g/mol. The Balaban J connectivity index is 2.25. The van der Waals surface area contributed by atoms with Crippen LogP contribution in [0.3, 0.4) is 0 Å². The predicted molar refractivity (Wildman–Crippen MR) is 80.8 cm³/mol. The lowest BCUT2D eigenvalue weighted by Gasteiger charge is -2.09. The summed E-state index contributed by atoms with van der Waals surface area (Å²) in [6.07, 6.45) is -0.742. The summed E-state index contributed by atoms with van der Waals surface area (Å²) in [5, 5.41) is 22.0. The van der Waals surface area contributed by atoms with Crippen molar-refractivity contribution in [2.24, 2.45) is 0 Å². The maximum Gasteiger partial charge on any atom is 0.162 e. The Morgan fingerprint density at radius 1 is 1.25 bits per heavy atom. The molecule has 0 aliphatic rings. The maximum absolute atomic E-state index is 9.40. The van der Waals surface area contributed by atoms with Gasteiger partial charge < -0.3 is 15.5 Å². The minimum Gasteiger partial charge on any atom is -0.394 e. The Morgan fingerprint density at radius 3 is 2.65 bits per heavy atom. The third-order valence-corrected chi connectivity index (χ3v) is 3.68. The molecule has 3 N–H and O–H groups in total. The largest absolute Gasteiger partial charge is 0.394 e. The van der Waals surface area contributed by atoms with E-state index in [1.807, 2.05) is 36.4 Å². The van der Waals surface area contributed by atoms with Gasteiger partial charge in [-0.3, -0.25) is 0 Å². The van der Waals surface area contributed by atoms with Gasteiger partial charge in [-0.2, -0.15) is 0 Å². The SMILES string of the molecule is CNc1cc(SCC(O)CO)nc(-c2ccccc2)n1. The Bertz CT molecular complexity index is 551. The van der Waals surface area contributed by atoms with Gasteiger partial charge in [0.15, 0.2) is 5.82 Å². The van der Waals surface area contributed by atoms with E-state index in [1.165, 1.54) is 11.8 Å². The smallest absolute Gasteiger partial charge is 0.162 e. The first kappa shape index (κ1) is 14.8. The zero-order chi connectivity index (χ0) is 14.4. The molecule has 0 spiro atoms. The number of rotatable bonds is 6. The molecule has 0 aliphatic carbocycles. The van der Waals surface area contributed by atoms with Crippen LogP contribution in [0.15, 0.2) is 41.4 Å². The van der Waals surface area contributed by atoms with E-state index in [4.69, 9.17) is 5.11 Å². The van der Waals surface area contributed by atoms with Crippen LogP contribution < -0.4 is 5.32 Å². The van der Waals surface area contributed by atoms with E-state index in [2.05, 4.69) is 15.3 Å². The summed E-state index contributed by atoms with van der Waals surface area (Å²) in [7, 11) is 1.80. The van der Waals surface area contributed by atoms with E-state index in [-0.39, 0.29) is 6.61 Å². The van der Waals surface area contributed by atoms with Crippen LogP contribution >= 0.6 is 11.8 Å². The van der Waals surface area contributed by atoms with Gasteiger partial charge in [0.25, 0.3) is 0 Å². The lowest BCUT2D eigenvalue weighted by Crippen LogP contribution is -2.14.